The Labute approximate surface area is 87.6 Å². The Morgan fingerprint density at radius 2 is 2.07 bits per heavy atom. The molecule has 1 aliphatic rings. The quantitative estimate of drug-likeness (QED) is 0.655. The zero-order valence-electron chi connectivity index (χ0n) is 9.66. The van der Waals surface area contributed by atoms with E-state index < -0.39 is 0 Å². The van der Waals surface area contributed by atoms with E-state index in [4.69, 9.17) is 5.73 Å². The van der Waals surface area contributed by atoms with Crippen molar-refractivity contribution in [1.29, 1.82) is 0 Å². The Morgan fingerprint density at radius 1 is 1.43 bits per heavy atom. The van der Waals surface area contributed by atoms with Crippen molar-refractivity contribution in [2.45, 2.75) is 25.4 Å². The van der Waals surface area contributed by atoms with Gasteiger partial charge in [0.25, 0.3) is 0 Å². The van der Waals surface area contributed by atoms with Gasteiger partial charge in [-0.05, 0) is 40.5 Å². The van der Waals surface area contributed by atoms with E-state index in [0.29, 0.717) is 6.04 Å². The van der Waals surface area contributed by atoms with Gasteiger partial charge in [-0.3, -0.25) is 0 Å². The van der Waals surface area contributed by atoms with E-state index in [-0.39, 0.29) is 6.04 Å². The minimum Gasteiger partial charge on any atom is -0.323 e. The van der Waals surface area contributed by atoms with Crippen molar-refractivity contribution in [1.82, 2.24) is 9.80 Å². The molecule has 3 nitrogen and oxygen atoms in total. The molecule has 1 aliphatic heterocycles. The second-order valence-electron chi connectivity index (χ2n) is 4.54. The van der Waals surface area contributed by atoms with Crippen LogP contribution in [0.1, 0.15) is 13.3 Å². The van der Waals surface area contributed by atoms with Crippen LogP contribution in [-0.4, -0.2) is 55.6 Å². The maximum atomic E-state index is 6.15. The Kier molecular flexibility index (Phi) is 4.11. The lowest BCUT2D eigenvalue weighted by molar-refractivity contribution is 0.207. The molecule has 2 atom stereocenters. The van der Waals surface area contributed by atoms with Crippen LogP contribution >= 0.6 is 0 Å². The van der Waals surface area contributed by atoms with Gasteiger partial charge in [-0.25, -0.2) is 0 Å². The van der Waals surface area contributed by atoms with Crippen molar-refractivity contribution in [3.63, 3.8) is 0 Å². The Hall–Kier alpha value is -0.380. The first-order valence-corrected chi connectivity index (χ1v) is 5.32. The maximum Gasteiger partial charge on any atom is 0.0419 e. The van der Waals surface area contributed by atoms with Crippen molar-refractivity contribution in [2.75, 3.05) is 33.7 Å². The molecule has 1 fully saturated rings. The van der Waals surface area contributed by atoms with Crippen molar-refractivity contribution in [3.8, 4) is 0 Å². The Balaban J connectivity index is 2.66. The Morgan fingerprint density at radius 3 is 2.64 bits per heavy atom. The number of nitrogens with two attached hydrogens (primary N) is 1. The van der Waals surface area contributed by atoms with Crippen molar-refractivity contribution >= 4 is 0 Å². The summed E-state index contributed by atoms with van der Waals surface area (Å²) in [5.74, 6) is 0. The van der Waals surface area contributed by atoms with Gasteiger partial charge in [0.1, 0.15) is 0 Å². The van der Waals surface area contributed by atoms with Crippen LogP contribution in [0.25, 0.3) is 0 Å². The van der Waals surface area contributed by atoms with Crippen LogP contribution in [0, 0.1) is 0 Å². The van der Waals surface area contributed by atoms with Crippen LogP contribution in [0.2, 0.25) is 0 Å². The summed E-state index contributed by atoms with van der Waals surface area (Å²) in [6, 6.07) is 0.514. The fraction of sp³-hybridized carbons (Fsp3) is 0.818. The first-order chi connectivity index (χ1) is 6.52. The van der Waals surface area contributed by atoms with E-state index in [1.807, 2.05) is 6.92 Å². The highest BCUT2D eigenvalue weighted by Gasteiger charge is 2.26. The third kappa shape index (κ3) is 2.80. The maximum absolute atomic E-state index is 6.15. The molecule has 0 radical (unpaired) electrons. The highest BCUT2D eigenvalue weighted by molar-refractivity contribution is 5.06. The molecule has 0 aliphatic carbocycles. The molecule has 0 aromatic rings. The molecule has 1 heterocycles. The van der Waals surface area contributed by atoms with Crippen molar-refractivity contribution in [2.24, 2.45) is 5.73 Å². The van der Waals surface area contributed by atoms with E-state index in [1.54, 1.807) is 0 Å². The van der Waals surface area contributed by atoms with E-state index in [0.717, 1.165) is 18.7 Å². The zero-order valence-corrected chi connectivity index (χ0v) is 9.66. The molecule has 0 aromatic heterocycles. The van der Waals surface area contributed by atoms with Crippen LogP contribution in [-0.2, 0) is 0 Å². The van der Waals surface area contributed by atoms with E-state index in [1.165, 1.54) is 13.0 Å². The molecule has 0 amide bonds. The number of hydrogen-bond acceptors (Lipinski definition) is 3. The number of rotatable bonds is 2. The molecule has 1 rings (SSSR count). The predicted octanol–water partition coefficient (Wildman–Crippen LogP) is 0.526. The average Bonchev–Trinajstić information content (AvgIpc) is 2.27. The van der Waals surface area contributed by atoms with Gasteiger partial charge >= 0.3 is 0 Å². The van der Waals surface area contributed by atoms with E-state index in [9.17, 15) is 0 Å². The molecule has 2 unspecified atom stereocenters. The van der Waals surface area contributed by atoms with E-state index >= 15 is 0 Å². The lowest BCUT2D eigenvalue weighted by Gasteiger charge is -2.32. The third-order valence-electron chi connectivity index (χ3n) is 3.10. The topological polar surface area (TPSA) is 32.5 Å². The van der Waals surface area contributed by atoms with Crippen molar-refractivity contribution in [3.05, 3.63) is 12.2 Å². The summed E-state index contributed by atoms with van der Waals surface area (Å²) < 4.78 is 0. The number of hydrogen-bond donors (Lipinski definition) is 1. The van der Waals surface area contributed by atoms with Crippen LogP contribution in [0.15, 0.2) is 12.2 Å². The van der Waals surface area contributed by atoms with E-state index in [2.05, 4.69) is 30.5 Å². The molecular weight excluding hydrogens is 174 g/mol. The number of likely N-dealkylation sites (N-methyl/N-ethyl adjacent to an activating group) is 2. The molecule has 0 spiro atoms. The number of nitrogens with zero attached hydrogens (tertiary/aromatic N) is 2. The monoisotopic (exact) mass is 197 g/mol. The molecule has 3 heteroatoms. The summed E-state index contributed by atoms with van der Waals surface area (Å²) in [6.07, 6.45) is 1.23. The highest BCUT2D eigenvalue weighted by atomic mass is 15.2. The second kappa shape index (κ2) is 4.91. The standard InChI is InChI=1S/C11H23N3/c1-9(2)11(12)10-8-13(3)6-5-7-14(10)4/h10-11H,1,5-8,12H2,2-4H3. The fourth-order valence-electron chi connectivity index (χ4n) is 2.02. The molecule has 0 saturated carbocycles. The minimum atomic E-state index is 0.0977. The summed E-state index contributed by atoms with van der Waals surface area (Å²) >= 11 is 0. The average molecular weight is 197 g/mol. The molecule has 2 N–H and O–H groups in total. The SMILES string of the molecule is C=C(C)C(N)C1CN(C)CCCN1C. The van der Waals surface area contributed by atoms with Gasteiger partial charge < -0.3 is 15.5 Å². The van der Waals surface area contributed by atoms with Gasteiger partial charge in [0.05, 0.1) is 0 Å². The van der Waals surface area contributed by atoms with Gasteiger partial charge in [-0.1, -0.05) is 12.2 Å². The third-order valence-corrected chi connectivity index (χ3v) is 3.10. The highest BCUT2D eigenvalue weighted by Crippen LogP contribution is 2.12. The molecule has 14 heavy (non-hydrogen) atoms. The van der Waals surface area contributed by atoms with Crippen LogP contribution in [0.3, 0.4) is 0 Å². The second-order valence-corrected chi connectivity index (χ2v) is 4.54. The molecule has 82 valence electrons. The van der Waals surface area contributed by atoms with Crippen LogP contribution in [0.5, 0.6) is 0 Å². The molecule has 0 bridgehead atoms. The Bertz CT molecular complexity index is 203. The predicted molar refractivity (Wildman–Crippen MR) is 61.3 cm³/mol. The largest absolute Gasteiger partial charge is 0.323 e. The summed E-state index contributed by atoms with van der Waals surface area (Å²) in [4.78, 5) is 4.72. The summed E-state index contributed by atoms with van der Waals surface area (Å²) in [6.45, 7) is 9.32. The minimum absolute atomic E-state index is 0.0977. The van der Waals surface area contributed by atoms with Crippen molar-refractivity contribution < 1.29 is 0 Å². The van der Waals surface area contributed by atoms with Gasteiger partial charge in [-0.2, -0.15) is 0 Å². The molecule has 1 saturated heterocycles. The van der Waals surface area contributed by atoms with Crippen LogP contribution < -0.4 is 5.73 Å². The van der Waals surface area contributed by atoms with Gasteiger partial charge in [0.15, 0.2) is 0 Å². The van der Waals surface area contributed by atoms with Gasteiger partial charge in [-0.15, -0.1) is 0 Å². The first kappa shape index (κ1) is 11.7. The fourth-order valence-corrected chi connectivity index (χ4v) is 2.02. The zero-order chi connectivity index (χ0) is 10.7. The van der Waals surface area contributed by atoms with Crippen LogP contribution in [0.4, 0.5) is 0 Å². The summed E-state index contributed by atoms with van der Waals surface area (Å²) in [7, 11) is 4.32. The lowest BCUT2D eigenvalue weighted by atomic mass is 10.0. The molecule has 0 aromatic carbocycles. The summed E-state index contributed by atoms with van der Waals surface area (Å²) in [5.41, 5.74) is 7.23. The lowest BCUT2D eigenvalue weighted by Crippen LogP contribution is -2.50. The summed E-state index contributed by atoms with van der Waals surface area (Å²) in [5, 5.41) is 0. The first-order valence-electron chi connectivity index (χ1n) is 5.32. The molecular formula is C11H23N3. The smallest absolute Gasteiger partial charge is 0.0419 e. The normalized spacial score (nSPS) is 28.4. The van der Waals surface area contributed by atoms with Gasteiger partial charge in [0, 0.05) is 18.6 Å². The van der Waals surface area contributed by atoms with Gasteiger partial charge in [0.2, 0.25) is 0 Å².